The van der Waals surface area contributed by atoms with Gasteiger partial charge in [-0.1, -0.05) is 72.8 Å². The fraction of sp³-hybridized carbons (Fsp3) is 0.0333. The first kappa shape index (κ1) is 21.1. The smallest absolute Gasteiger partial charge is 0.185 e. The van der Waals surface area contributed by atoms with E-state index in [2.05, 4.69) is 33.9 Å². The van der Waals surface area contributed by atoms with Crippen LogP contribution in [0.3, 0.4) is 0 Å². The number of para-hydroxylation sites is 1. The lowest BCUT2D eigenvalue weighted by Gasteiger charge is -2.11. The number of hydrogen-bond donors (Lipinski definition) is 1. The molecule has 0 aliphatic carbocycles. The van der Waals surface area contributed by atoms with Gasteiger partial charge in [0.25, 0.3) is 0 Å². The van der Waals surface area contributed by atoms with Crippen molar-refractivity contribution in [3.8, 4) is 39.5 Å². The Hall–Kier alpha value is -5.17. The maximum Gasteiger partial charge on any atom is 0.185 e. The lowest BCUT2D eigenvalue weighted by molar-refractivity contribution is 0.477. The Labute approximate surface area is 211 Å². The zero-order valence-corrected chi connectivity index (χ0v) is 19.7. The van der Waals surface area contributed by atoms with Crippen molar-refractivity contribution in [1.82, 2.24) is 24.1 Å². The molecule has 0 aliphatic heterocycles. The van der Waals surface area contributed by atoms with Crippen LogP contribution in [0.15, 0.2) is 114 Å². The van der Waals surface area contributed by atoms with Gasteiger partial charge in [0, 0.05) is 5.56 Å². The molecule has 0 aliphatic rings. The molecule has 0 spiro atoms. The van der Waals surface area contributed by atoms with Gasteiger partial charge in [-0.25, -0.2) is 14.5 Å². The van der Waals surface area contributed by atoms with Crippen molar-refractivity contribution < 1.29 is 9.52 Å². The molecule has 4 aromatic heterocycles. The number of fused-ring (bicyclic) bond motifs is 3. The summed E-state index contributed by atoms with van der Waals surface area (Å²) in [5, 5.41) is 16.0. The molecule has 7 nitrogen and oxygen atoms in total. The lowest BCUT2D eigenvalue weighted by Crippen LogP contribution is -2.03. The third-order valence-corrected chi connectivity index (χ3v) is 6.53. The van der Waals surface area contributed by atoms with Gasteiger partial charge in [-0.3, -0.25) is 0 Å². The van der Waals surface area contributed by atoms with E-state index < -0.39 is 0 Å². The SMILES string of the molecule is Oc1ccccc1-c1nc2c3c(-c4ccccc4)c(-c4ccccc4)n(Cc4ccco4)c3ncn2n1. The molecule has 7 heteroatoms. The lowest BCUT2D eigenvalue weighted by atomic mass is 9.99. The third kappa shape index (κ3) is 3.48. The Morgan fingerprint density at radius 1 is 0.757 bits per heavy atom. The standard InChI is InChI=1S/C30H21N5O2/c36-24-16-8-7-15-23(24)28-32-30-26-25(20-10-3-1-4-11-20)27(21-12-5-2-6-13-21)34(18-22-14-9-17-37-22)29(26)31-19-35(30)33-28/h1-17,19,36H,18H2. The molecule has 0 atom stereocenters. The van der Waals surface area contributed by atoms with Gasteiger partial charge in [-0.05, 0) is 35.4 Å². The average molecular weight is 484 g/mol. The van der Waals surface area contributed by atoms with Gasteiger partial charge in [-0.2, -0.15) is 0 Å². The molecular formula is C30H21N5O2. The van der Waals surface area contributed by atoms with E-state index in [-0.39, 0.29) is 5.75 Å². The van der Waals surface area contributed by atoms with Crippen LogP contribution < -0.4 is 0 Å². The van der Waals surface area contributed by atoms with Crippen LogP contribution in [0, 0.1) is 0 Å². The number of phenols is 1. The van der Waals surface area contributed by atoms with Crippen LogP contribution in [-0.4, -0.2) is 29.3 Å². The summed E-state index contributed by atoms with van der Waals surface area (Å²) < 4.78 is 9.61. The number of aromatic nitrogens is 5. The van der Waals surface area contributed by atoms with Crippen LogP contribution in [0.4, 0.5) is 0 Å². The quantitative estimate of drug-likeness (QED) is 0.305. The Morgan fingerprint density at radius 2 is 1.49 bits per heavy atom. The highest BCUT2D eigenvalue weighted by Crippen LogP contribution is 2.42. The molecule has 0 bridgehead atoms. The first-order valence-electron chi connectivity index (χ1n) is 12.0. The highest BCUT2D eigenvalue weighted by Gasteiger charge is 2.25. The molecule has 0 fully saturated rings. The van der Waals surface area contributed by atoms with E-state index in [1.165, 1.54) is 0 Å². The van der Waals surface area contributed by atoms with Crippen molar-refractivity contribution in [2.45, 2.75) is 6.54 Å². The minimum atomic E-state index is 0.131. The summed E-state index contributed by atoms with van der Waals surface area (Å²) in [6.07, 6.45) is 3.36. The predicted molar refractivity (Wildman–Crippen MR) is 142 cm³/mol. The summed E-state index contributed by atoms with van der Waals surface area (Å²) in [4.78, 5) is 9.79. The van der Waals surface area contributed by atoms with Crippen LogP contribution in [0.2, 0.25) is 0 Å². The normalized spacial score (nSPS) is 11.5. The maximum atomic E-state index is 10.5. The number of benzene rings is 3. The maximum absolute atomic E-state index is 10.5. The summed E-state index contributed by atoms with van der Waals surface area (Å²) >= 11 is 0. The molecule has 37 heavy (non-hydrogen) atoms. The summed E-state index contributed by atoms with van der Waals surface area (Å²) in [6.45, 7) is 0.504. The molecule has 0 radical (unpaired) electrons. The highest BCUT2D eigenvalue weighted by molar-refractivity contribution is 6.09. The molecule has 1 N–H and O–H groups in total. The second kappa shape index (κ2) is 8.49. The van der Waals surface area contributed by atoms with Crippen molar-refractivity contribution in [2.24, 2.45) is 0 Å². The highest BCUT2D eigenvalue weighted by atomic mass is 16.3. The molecule has 7 rings (SSSR count). The Kier molecular flexibility index (Phi) is 4.85. The van der Waals surface area contributed by atoms with E-state index in [9.17, 15) is 5.11 Å². The van der Waals surface area contributed by atoms with Crippen molar-refractivity contribution in [1.29, 1.82) is 0 Å². The van der Waals surface area contributed by atoms with E-state index in [4.69, 9.17) is 14.4 Å². The van der Waals surface area contributed by atoms with Gasteiger partial charge in [0.05, 0.1) is 29.5 Å². The monoisotopic (exact) mass is 483 g/mol. The van der Waals surface area contributed by atoms with Crippen molar-refractivity contribution in [2.75, 3.05) is 0 Å². The molecule has 3 aromatic carbocycles. The van der Waals surface area contributed by atoms with Crippen LogP contribution in [0.1, 0.15) is 5.76 Å². The Balaban J connectivity index is 1.61. The van der Waals surface area contributed by atoms with Crippen LogP contribution in [0.5, 0.6) is 5.75 Å². The summed E-state index contributed by atoms with van der Waals surface area (Å²) in [7, 11) is 0. The largest absolute Gasteiger partial charge is 0.507 e. The van der Waals surface area contributed by atoms with Gasteiger partial charge in [0.15, 0.2) is 11.5 Å². The molecule has 0 saturated heterocycles. The van der Waals surface area contributed by atoms with E-state index in [1.54, 1.807) is 29.2 Å². The molecule has 178 valence electrons. The Bertz CT molecular complexity index is 1850. The first-order valence-corrected chi connectivity index (χ1v) is 12.0. The zero-order chi connectivity index (χ0) is 24.8. The van der Waals surface area contributed by atoms with Gasteiger partial charge in [0.2, 0.25) is 0 Å². The molecule has 4 heterocycles. The van der Waals surface area contributed by atoms with E-state index in [1.807, 2.05) is 60.7 Å². The number of furan rings is 1. The van der Waals surface area contributed by atoms with Gasteiger partial charge < -0.3 is 14.1 Å². The molecule has 0 unspecified atom stereocenters. The number of phenolic OH excluding ortho intramolecular Hbond substituents is 1. The summed E-state index contributed by atoms with van der Waals surface area (Å²) in [5.41, 5.74) is 6.15. The van der Waals surface area contributed by atoms with Crippen molar-refractivity contribution in [3.63, 3.8) is 0 Å². The predicted octanol–water partition coefficient (Wildman–Crippen LogP) is 6.43. The second-order valence-corrected chi connectivity index (χ2v) is 8.79. The van der Waals surface area contributed by atoms with Crippen LogP contribution >= 0.6 is 0 Å². The topological polar surface area (TPSA) is 81.4 Å². The average Bonchev–Trinajstić information content (AvgIpc) is 3.68. The number of aromatic hydroxyl groups is 1. The number of hydrogen-bond acceptors (Lipinski definition) is 5. The molecular weight excluding hydrogens is 462 g/mol. The fourth-order valence-corrected chi connectivity index (χ4v) is 4.91. The fourth-order valence-electron chi connectivity index (χ4n) is 4.91. The summed E-state index contributed by atoms with van der Waals surface area (Å²) in [6, 6.07) is 31.5. The van der Waals surface area contributed by atoms with E-state index >= 15 is 0 Å². The third-order valence-electron chi connectivity index (χ3n) is 6.53. The van der Waals surface area contributed by atoms with Gasteiger partial charge in [-0.15, -0.1) is 5.10 Å². The minimum Gasteiger partial charge on any atom is -0.507 e. The molecule has 0 amide bonds. The zero-order valence-electron chi connectivity index (χ0n) is 19.7. The minimum absolute atomic E-state index is 0.131. The molecule has 0 saturated carbocycles. The van der Waals surface area contributed by atoms with Crippen molar-refractivity contribution in [3.05, 3.63) is 115 Å². The van der Waals surface area contributed by atoms with Gasteiger partial charge in [0.1, 0.15) is 23.5 Å². The Morgan fingerprint density at radius 3 is 2.22 bits per heavy atom. The first-order chi connectivity index (χ1) is 18.3. The van der Waals surface area contributed by atoms with E-state index in [0.29, 0.717) is 23.6 Å². The van der Waals surface area contributed by atoms with E-state index in [0.717, 1.165) is 39.2 Å². The van der Waals surface area contributed by atoms with Crippen LogP contribution in [-0.2, 0) is 6.54 Å². The summed E-state index contributed by atoms with van der Waals surface area (Å²) in [5.74, 6) is 1.39. The van der Waals surface area contributed by atoms with Gasteiger partial charge >= 0.3 is 0 Å². The molecule has 7 aromatic rings. The second-order valence-electron chi connectivity index (χ2n) is 8.79. The number of nitrogens with zero attached hydrogens (tertiary/aromatic N) is 5. The van der Waals surface area contributed by atoms with Crippen LogP contribution in [0.25, 0.3) is 50.5 Å². The number of rotatable bonds is 5. The van der Waals surface area contributed by atoms with Crippen molar-refractivity contribution >= 4 is 16.7 Å².